The van der Waals surface area contributed by atoms with E-state index in [0.29, 0.717) is 24.4 Å². The van der Waals surface area contributed by atoms with Gasteiger partial charge < -0.3 is 23.7 Å². The molecule has 1 aromatic rings. The number of amides is 1. The lowest BCUT2D eigenvalue weighted by Crippen LogP contribution is -2.41. The molecule has 30 heavy (non-hydrogen) atoms. The third-order valence-electron chi connectivity index (χ3n) is 5.34. The Morgan fingerprint density at radius 3 is 2.27 bits per heavy atom. The average Bonchev–Trinajstić information content (AvgIpc) is 2.80. The molecule has 8 heteroatoms. The van der Waals surface area contributed by atoms with Crippen molar-refractivity contribution in [3.8, 4) is 5.75 Å². The zero-order chi connectivity index (χ0) is 22.7. The van der Waals surface area contributed by atoms with Gasteiger partial charge in [0.2, 0.25) is 0 Å². The van der Waals surface area contributed by atoms with Crippen molar-refractivity contribution in [2.24, 2.45) is 0 Å². The summed E-state index contributed by atoms with van der Waals surface area (Å²) in [6, 6.07) is 4.71. The van der Waals surface area contributed by atoms with Crippen LogP contribution in [0.25, 0.3) is 0 Å². The Hall–Kier alpha value is -1.80. The molecule has 0 N–H and O–H groups in total. The Bertz CT molecular complexity index is 732. The Morgan fingerprint density at radius 1 is 1.13 bits per heavy atom. The molecule has 1 aliphatic rings. The summed E-state index contributed by atoms with van der Waals surface area (Å²) >= 11 is 0. The van der Waals surface area contributed by atoms with E-state index in [0.717, 1.165) is 12.8 Å². The van der Waals surface area contributed by atoms with E-state index < -0.39 is 29.7 Å². The third-order valence-corrected chi connectivity index (χ3v) is 5.34. The van der Waals surface area contributed by atoms with Crippen LogP contribution in [-0.4, -0.2) is 55.1 Å². The number of hydrogen-bond acceptors (Lipinski definition) is 5. The van der Waals surface area contributed by atoms with Crippen LogP contribution in [0, 0.1) is 5.82 Å². The highest BCUT2D eigenvalue weighted by Gasteiger charge is 2.52. The zero-order valence-corrected chi connectivity index (χ0v) is 19.5. The third kappa shape index (κ3) is 6.35. The molecule has 0 radical (unpaired) electrons. The average molecular weight is 423 g/mol. The second-order valence-corrected chi connectivity index (χ2v) is 9.73. The molecular formula is C22H35BFNO5. The molecule has 1 amide bonds. The van der Waals surface area contributed by atoms with E-state index in [1.807, 2.05) is 48.5 Å². The van der Waals surface area contributed by atoms with Crippen LogP contribution >= 0.6 is 0 Å². The number of halogens is 1. The molecule has 1 aliphatic heterocycles. The van der Waals surface area contributed by atoms with Crippen LogP contribution in [0.5, 0.6) is 5.75 Å². The minimum Gasteiger partial charge on any atom is -0.493 e. The van der Waals surface area contributed by atoms with Gasteiger partial charge in [0.25, 0.3) is 0 Å². The van der Waals surface area contributed by atoms with E-state index in [-0.39, 0.29) is 6.09 Å². The SMILES string of the molecule is CN(CCCCOc1ccc(B2OC(C)(C)C(C)(C)O2)c(F)c1)C(=O)OC(C)(C)C. The van der Waals surface area contributed by atoms with Crippen molar-refractivity contribution in [1.82, 2.24) is 4.90 Å². The molecule has 1 heterocycles. The molecule has 6 nitrogen and oxygen atoms in total. The smallest absolute Gasteiger partial charge is 0.493 e. The molecule has 168 valence electrons. The fourth-order valence-electron chi connectivity index (χ4n) is 2.83. The lowest BCUT2D eigenvalue weighted by atomic mass is 9.78. The molecule has 0 aliphatic carbocycles. The number of carbonyl (C=O) groups excluding carboxylic acids is 1. The van der Waals surface area contributed by atoms with E-state index in [9.17, 15) is 9.18 Å². The minimum absolute atomic E-state index is 0.344. The molecular weight excluding hydrogens is 388 g/mol. The van der Waals surface area contributed by atoms with Gasteiger partial charge in [0.05, 0.1) is 17.8 Å². The number of rotatable bonds is 7. The normalized spacial score (nSPS) is 17.7. The van der Waals surface area contributed by atoms with Gasteiger partial charge in [-0.15, -0.1) is 0 Å². The maximum absolute atomic E-state index is 14.6. The first-order valence-corrected chi connectivity index (χ1v) is 10.4. The van der Waals surface area contributed by atoms with Gasteiger partial charge in [-0.2, -0.15) is 0 Å². The molecule has 2 rings (SSSR count). The van der Waals surface area contributed by atoms with Gasteiger partial charge in [-0.3, -0.25) is 0 Å². The maximum Gasteiger partial charge on any atom is 0.497 e. The Morgan fingerprint density at radius 2 is 1.73 bits per heavy atom. The van der Waals surface area contributed by atoms with Gasteiger partial charge in [0, 0.05) is 25.1 Å². The van der Waals surface area contributed by atoms with Gasteiger partial charge >= 0.3 is 13.2 Å². The highest BCUT2D eigenvalue weighted by atomic mass is 19.1. The van der Waals surface area contributed by atoms with Crippen molar-refractivity contribution in [2.75, 3.05) is 20.2 Å². The second-order valence-electron chi connectivity index (χ2n) is 9.73. The van der Waals surface area contributed by atoms with Gasteiger partial charge in [-0.1, -0.05) is 6.07 Å². The van der Waals surface area contributed by atoms with E-state index in [1.54, 1.807) is 24.1 Å². The van der Waals surface area contributed by atoms with Crippen LogP contribution in [0.15, 0.2) is 18.2 Å². The van der Waals surface area contributed by atoms with Crippen molar-refractivity contribution in [2.45, 2.75) is 78.1 Å². The van der Waals surface area contributed by atoms with Gasteiger partial charge in [-0.05, 0) is 67.4 Å². The van der Waals surface area contributed by atoms with Gasteiger partial charge in [0.15, 0.2) is 0 Å². The number of unbranched alkanes of at least 4 members (excludes halogenated alkanes) is 1. The molecule has 0 spiro atoms. The zero-order valence-electron chi connectivity index (χ0n) is 19.5. The lowest BCUT2D eigenvalue weighted by molar-refractivity contribution is 0.00578. The van der Waals surface area contributed by atoms with Crippen molar-refractivity contribution in [1.29, 1.82) is 0 Å². The molecule has 0 atom stereocenters. The van der Waals surface area contributed by atoms with E-state index in [2.05, 4.69) is 0 Å². The monoisotopic (exact) mass is 423 g/mol. The Labute approximate surface area is 180 Å². The number of nitrogens with zero attached hydrogens (tertiary/aromatic N) is 1. The van der Waals surface area contributed by atoms with Crippen molar-refractivity contribution in [3.05, 3.63) is 24.0 Å². The summed E-state index contributed by atoms with van der Waals surface area (Å²) < 4.78 is 37.4. The summed E-state index contributed by atoms with van der Waals surface area (Å²) in [5.41, 5.74) is -1.19. The fraction of sp³-hybridized carbons (Fsp3) is 0.682. The summed E-state index contributed by atoms with van der Waals surface area (Å²) in [5.74, 6) is 0.0314. The summed E-state index contributed by atoms with van der Waals surface area (Å²) in [5, 5.41) is 0. The Balaban J connectivity index is 1.79. The van der Waals surface area contributed by atoms with Gasteiger partial charge in [-0.25, -0.2) is 9.18 Å². The summed E-state index contributed by atoms with van der Waals surface area (Å²) in [6.45, 7) is 14.2. The van der Waals surface area contributed by atoms with Crippen LogP contribution in [0.4, 0.5) is 9.18 Å². The molecule has 0 unspecified atom stereocenters. The van der Waals surface area contributed by atoms with Gasteiger partial charge in [0.1, 0.15) is 17.2 Å². The lowest BCUT2D eigenvalue weighted by Gasteiger charge is -2.32. The quantitative estimate of drug-likeness (QED) is 0.487. The number of benzene rings is 1. The molecule has 1 aromatic carbocycles. The Kier molecular flexibility index (Phi) is 7.46. The number of carbonyl (C=O) groups is 1. The maximum atomic E-state index is 14.6. The van der Waals surface area contributed by atoms with Crippen LogP contribution in [0.3, 0.4) is 0 Å². The number of hydrogen-bond donors (Lipinski definition) is 0. The molecule has 0 bridgehead atoms. The molecule has 1 saturated heterocycles. The largest absolute Gasteiger partial charge is 0.497 e. The first-order chi connectivity index (χ1) is 13.7. The highest BCUT2D eigenvalue weighted by Crippen LogP contribution is 2.36. The van der Waals surface area contributed by atoms with Crippen LogP contribution in [-0.2, 0) is 14.0 Å². The van der Waals surface area contributed by atoms with Crippen molar-refractivity contribution >= 4 is 18.7 Å². The number of ether oxygens (including phenoxy) is 2. The fourth-order valence-corrected chi connectivity index (χ4v) is 2.83. The summed E-state index contributed by atoms with van der Waals surface area (Å²) in [6.07, 6.45) is 1.14. The second kappa shape index (κ2) is 9.14. The van der Waals surface area contributed by atoms with E-state index >= 15 is 0 Å². The van der Waals surface area contributed by atoms with Crippen molar-refractivity contribution in [3.63, 3.8) is 0 Å². The van der Waals surface area contributed by atoms with Crippen LogP contribution < -0.4 is 10.2 Å². The molecule has 1 fully saturated rings. The standard InChI is InChI=1S/C22H35BFNO5/c1-20(2,3)28-19(26)25(8)13-9-10-14-27-16-11-12-17(18(24)15-16)23-29-21(4,5)22(6,7)30-23/h11-12,15H,9-10,13-14H2,1-8H3. The highest BCUT2D eigenvalue weighted by molar-refractivity contribution is 6.62. The van der Waals surface area contributed by atoms with Crippen LogP contribution in [0.2, 0.25) is 0 Å². The summed E-state index contributed by atoms with van der Waals surface area (Å²) in [4.78, 5) is 13.5. The van der Waals surface area contributed by atoms with Crippen LogP contribution in [0.1, 0.15) is 61.3 Å². The summed E-state index contributed by atoms with van der Waals surface area (Å²) in [7, 11) is 0.964. The first-order valence-electron chi connectivity index (χ1n) is 10.4. The topological polar surface area (TPSA) is 57.2 Å². The molecule has 0 saturated carbocycles. The van der Waals surface area contributed by atoms with Crippen molar-refractivity contribution < 1.29 is 28.0 Å². The predicted octanol–water partition coefficient (Wildman–Crippen LogP) is 4.15. The molecule has 0 aromatic heterocycles. The van der Waals surface area contributed by atoms with E-state index in [1.165, 1.54) is 6.07 Å². The van der Waals surface area contributed by atoms with E-state index in [4.69, 9.17) is 18.8 Å². The minimum atomic E-state index is -0.743. The predicted molar refractivity (Wildman–Crippen MR) is 116 cm³/mol. The first kappa shape index (κ1) is 24.5.